The van der Waals surface area contributed by atoms with Gasteiger partial charge in [-0.25, -0.2) is 0 Å². The zero-order chi connectivity index (χ0) is 37.4. The molecule has 6 heteroatoms. The first-order valence-corrected chi connectivity index (χ1v) is 20.1. The van der Waals surface area contributed by atoms with Crippen molar-refractivity contribution in [1.82, 2.24) is 0 Å². The number of esters is 1. The van der Waals surface area contributed by atoms with Gasteiger partial charge < -0.3 is 15.2 Å². The Bertz CT molecular complexity index is 1560. The van der Waals surface area contributed by atoms with Crippen LogP contribution in [0.5, 0.6) is 0 Å². The molecular weight excluding hydrogens is 634 g/mol. The lowest BCUT2D eigenvalue weighted by Gasteiger charge is -2.73. The summed E-state index contributed by atoms with van der Waals surface area (Å²) in [6.07, 6.45) is 11.7. The van der Waals surface area contributed by atoms with E-state index in [1.807, 2.05) is 26.0 Å². The second-order valence-corrected chi connectivity index (χ2v) is 20.4. The molecule has 1 aromatic carbocycles. The third-order valence-electron chi connectivity index (χ3n) is 16.5. The zero-order valence-corrected chi connectivity index (χ0v) is 33.3. The van der Waals surface area contributed by atoms with Crippen molar-refractivity contribution < 1.29 is 24.2 Å². The Hall–Kier alpha value is -2.63. The van der Waals surface area contributed by atoms with Crippen LogP contribution in [-0.2, 0) is 19.1 Å². The molecule has 0 heterocycles. The van der Waals surface area contributed by atoms with Crippen LogP contribution < -0.4 is 5.32 Å². The van der Waals surface area contributed by atoms with E-state index < -0.39 is 11.4 Å². The van der Waals surface area contributed by atoms with Crippen molar-refractivity contribution in [3.8, 4) is 0 Å². The van der Waals surface area contributed by atoms with Crippen molar-refractivity contribution in [3.05, 3.63) is 42.0 Å². The summed E-state index contributed by atoms with van der Waals surface area (Å²) >= 11 is 0. The van der Waals surface area contributed by atoms with Crippen LogP contribution in [0.3, 0.4) is 0 Å². The molecule has 6 nitrogen and oxygen atoms in total. The van der Waals surface area contributed by atoms with Crippen molar-refractivity contribution in [3.63, 3.8) is 0 Å². The number of anilines is 1. The molecule has 0 aliphatic heterocycles. The van der Waals surface area contributed by atoms with Gasteiger partial charge in [-0.3, -0.25) is 14.4 Å². The molecule has 0 bridgehead atoms. The number of allylic oxidation sites excluding steroid dienone is 1. The number of benzene rings is 1. The van der Waals surface area contributed by atoms with Gasteiger partial charge in [0, 0.05) is 17.5 Å². The quantitative estimate of drug-likeness (QED) is 0.197. The van der Waals surface area contributed by atoms with Gasteiger partial charge in [0.15, 0.2) is 0 Å². The van der Waals surface area contributed by atoms with Gasteiger partial charge in [-0.2, -0.15) is 0 Å². The van der Waals surface area contributed by atoms with E-state index in [1.165, 1.54) is 31.3 Å². The van der Waals surface area contributed by atoms with Gasteiger partial charge in [0.2, 0.25) is 5.91 Å². The lowest BCUT2D eigenvalue weighted by molar-refractivity contribution is -0.250. The Morgan fingerprint density at radius 3 is 2.29 bits per heavy atom. The Kier molecular flexibility index (Phi) is 9.75. The third-order valence-corrected chi connectivity index (χ3v) is 16.5. The summed E-state index contributed by atoms with van der Waals surface area (Å²) in [4.78, 5) is 38.4. The molecule has 10 atom stereocenters. The number of hydrogen-bond acceptors (Lipinski definition) is 4. The maximum absolute atomic E-state index is 13.8. The zero-order valence-electron chi connectivity index (χ0n) is 33.3. The molecule has 5 aliphatic rings. The fraction of sp³-hybridized carbons (Fsp3) is 0.756. The van der Waals surface area contributed by atoms with Gasteiger partial charge in [-0.15, -0.1) is 0 Å². The molecule has 5 aliphatic carbocycles. The maximum atomic E-state index is 13.8. The fourth-order valence-electron chi connectivity index (χ4n) is 14.1. The van der Waals surface area contributed by atoms with Crippen molar-refractivity contribution in [1.29, 1.82) is 0 Å². The molecule has 0 radical (unpaired) electrons. The molecule has 1 amide bonds. The molecule has 0 aromatic heterocycles. The highest BCUT2D eigenvalue weighted by Gasteiger charge is 2.71. The molecular formula is C45H67NO5. The van der Waals surface area contributed by atoms with Crippen LogP contribution >= 0.6 is 0 Å². The number of carbonyl (C=O) groups is 3. The largest absolute Gasteiger partial charge is 0.481 e. The average Bonchev–Trinajstić information content (AvgIpc) is 3.37. The number of fused-ring (bicyclic) bond motifs is 7. The van der Waals surface area contributed by atoms with E-state index in [4.69, 9.17) is 4.74 Å². The van der Waals surface area contributed by atoms with E-state index in [1.54, 1.807) is 0 Å². The number of aliphatic carboxylic acids is 1. The summed E-state index contributed by atoms with van der Waals surface area (Å²) in [5, 5.41) is 12.6. The molecule has 0 unspecified atom stereocenters. The lowest BCUT2D eigenvalue weighted by atomic mass is 9.32. The van der Waals surface area contributed by atoms with Crippen LogP contribution in [-0.4, -0.2) is 29.1 Å². The van der Waals surface area contributed by atoms with E-state index >= 15 is 0 Å². The Labute approximate surface area is 308 Å². The summed E-state index contributed by atoms with van der Waals surface area (Å²) < 4.78 is 6.28. The second-order valence-electron chi connectivity index (χ2n) is 20.4. The first kappa shape index (κ1) is 38.1. The van der Waals surface area contributed by atoms with Gasteiger partial charge in [-0.1, -0.05) is 72.8 Å². The van der Waals surface area contributed by atoms with Gasteiger partial charge >= 0.3 is 11.9 Å². The summed E-state index contributed by atoms with van der Waals surface area (Å²) in [6.45, 7) is 25.1. The number of amides is 1. The minimum atomic E-state index is -0.884. The van der Waals surface area contributed by atoms with Crippen molar-refractivity contribution in [2.75, 3.05) is 5.32 Å². The predicted octanol–water partition coefficient (Wildman–Crippen LogP) is 10.8. The molecule has 1 aromatic rings. The summed E-state index contributed by atoms with van der Waals surface area (Å²) in [5.41, 5.74) is 3.11. The van der Waals surface area contributed by atoms with E-state index in [0.29, 0.717) is 36.0 Å². The molecule has 5 fully saturated rings. The normalized spacial score (nSPS) is 39.8. The first-order valence-electron chi connectivity index (χ1n) is 20.1. The number of rotatable bonds is 9. The first-order chi connectivity index (χ1) is 23.7. The number of nitrogens with one attached hydrogen (secondary N) is 1. The minimum absolute atomic E-state index is 0.0228. The number of hydrogen-bond donors (Lipinski definition) is 2. The lowest BCUT2D eigenvalue weighted by Crippen LogP contribution is -2.66. The molecule has 6 rings (SSSR count). The molecule has 0 spiro atoms. The number of carbonyl (C=O) groups excluding carboxylic acids is 2. The van der Waals surface area contributed by atoms with Crippen LogP contribution in [0.2, 0.25) is 0 Å². The topological polar surface area (TPSA) is 92.7 Å². The highest BCUT2D eigenvalue weighted by molar-refractivity contribution is 5.91. The molecule has 51 heavy (non-hydrogen) atoms. The van der Waals surface area contributed by atoms with Crippen molar-refractivity contribution >= 4 is 23.5 Å². The monoisotopic (exact) mass is 702 g/mol. The molecule has 2 N–H and O–H groups in total. The standard InChI is InChI=1S/C45H67NO5/c1-28(2)31-16-21-45(25-36(47)46-30-13-11-12-29(3)24-30)23-22-43(9)32(39(31)45)14-15-34-42(8)19-18-35(41(6,7)33(42)17-20-44(34,43)10)51-38(50)27-40(4,5)26-37(48)49/h11-13,24,31-35,39H,1,14-23,25-27H2,2-10H3,(H,46,47)(H,48,49)/t31-,32+,33-,34+,35-,39+,42-,43+,44+,45+/m0/s1. The highest BCUT2D eigenvalue weighted by atomic mass is 16.5. The van der Waals surface area contributed by atoms with Crippen LogP contribution in [0.15, 0.2) is 36.4 Å². The van der Waals surface area contributed by atoms with Gasteiger partial charge in [-0.05, 0) is 152 Å². The third kappa shape index (κ3) is 6.41. The van der Waals surface area contributed by atoms with E-state index in [0.717, 1.165) is 49.8 Å². The number of carboxylic acid groups (broad SMARTS) is 1. The molecule has 0 saturated heterocycles. The summed E-state index contributed by atoms with van der Waals surface area (Å²) in [7, 11) is 0. The van der Waals surface area contributed by atoms with Crippen molar-refractivity contribution in [2.24, 2.45) is 62.1 Å². The SMILES string of the molecule is C=C(C)[C@@H]1CC[C@]2(CC(=O)Nc3cccc(C)c3)CC[C@]3(C)[C@H](CC[C@@H]4[C@@]5(C)CC[C@H](OC(=O)CC(C)(C)CC(=O)O)C(C)(C)[C@@H]5CC[C@]43C)[C@@H]12. The van der Waals surface area contributed by atoms with Crippen LogP contribution in [0.25, 0.3) is 0 Å². The number of ether oxygens (including phenoxy) is 1. The minimum Gasteiger partial charge on any atom is -0.481 e. The van der Waals surface area contributed by atoms with Crippen molar-refractivity contribution in [2.45, 2.75) is 152 Å². The Balaban J connectivity index is 1.23. The van der Waals surface area contributed by atoms with E-state index in [9.17, 15) is 19.5 Å². The van der Waals surface area contributed by atoms with Crippen LogP contribution in [0.1, 0.15) is 144 Å². The van der Waals surface area contributed by atoms with Crippen LogP contribution in [0, 0.1) is 69.0 Å². The van der Waals surface area contributed by atoms with Crippen LogP contribution in [0.4, 0.5) is 5.69 Å². The summed E-state index contributed by atoms with van der Waals surface area (Å²) in [5.74, 6) is 1.58. The maximum Gasteiger partial charge on any atom is 0.306 e. The highest BCUT2D eigenvalue weighted by Crippen LogP contribution is 2.78. The molecule has 5 saturated carbocycles. The predicted molar refractivity (Wildman–Crippen MR) is 204 cm³/mol. The van der Waals surface area contributed by atoms with E-state index in [2.05, 4.69) is 72.5 Å². The van der Waals surface area contributed by atoms with E-state index in [-0.39, 0.29) is 57.9 Å². The smallest absolute Gasteiger partial charge is 0.306 e. The fourth-order valence-corrected chi connectivity index (χ4v) is 14.1. The van der Waals surface area contributed by atoms with Gasteiger partial charge in [0.1, 0.15) is 6.10 Å². The van der Waals surface area contributed by atoms with Gasteiger partial charge in [0.05, 0.1) is 12.8 Å². The summed E-state index contributed by atoms with van der Waals surface area (Å²) in [6, 6.07) is 8.16. The Morgan fingerprint density at radius 1 is 0.902 bits per heavy atom. The van der Waals surface area contributed by atoms with Gasteiger partial charge in [0.25, 0.3) is 0 Å². The Morgan fingerprint density at radius 2 is 1.63 bits per heavy atom. The average molecular weight is 702 g/mol. The second kappa shape index (κ2) is 13.0. The number of carboxylic acids is 1. The molecule has 282 valence electrons. The number of aryl methyl sites for hydroxylation is 1.